The third-order valence-corrected chi connectivity index (χ3v) is 7.01. The fraction of sp³-hybridized carbons (Fsp3) is 0.727. The third-order valence-electron chi connectivity index (χ3n) is 6.46. The number of rotatable bonds is 6. The molecule has 210 valence electrons. The van der Waals surface area contributed by atoms with E-state index in [1.807, 2.05) is 20.8 Å². The number of hydrogen-bond donors (Lipinski definition) is 1. The molecule has 1 N–H and O–H groups in total. The van der Waals surface area contributed by atoms with E-state index in [1.165, 1.54) is 4.90 Å². The van der Waals surface area contributed by atoms with Crippen molar-refractivity contribution in [3.05, 3.63) is 23.8 Å². The van der Waals surface area contributed by atoms with Crippen molar-refractivity contribution in [2.24, 2.45) is 0 Å². The number of piperidine rings is 2. The summed E-state index contributed by atoms with van der Waals surface area (Å²) < 4.78 is 38.2. The molecule has 38 heavy (non-hydrogen) atoms. The lowest BCUT2D eigenvalue weighted by atomic mass is 10.1. The summed E-state index contributed by atoms with van der Waals surface area (Å²) in [7, 11) is -3.88. The number of likely N-dealkylation sites (tertiary alicyclic amines) is 2. The Kier molecular flexibility index (Phi) is 7.92. The van der Waals surface area contributed by atoms with Gasteiger partial charge in [0.05, 0.1) is 30.7 Å². The molecule has 0 bridgehead atoms. The first-order valence-corrected chi connectivity index (χ1v) is 14.3. The van der Waals surface area contributed by atoms with E-state index in [4.69, 9.17) is 14.0 Å². The largest absolute Gasteiger partial charge is 0.465 e. The maximum atomic E-state index is 12.4. The summed E-state index contributed by atoms with van der Waals surface area (Å²) in [6.07, 6.45) is 4.11. The molecule has 2 fully saturated rings. The normalized spacial score (nSPS) is 18.9. The fourth-order valence-corrected chi connectivity index (χ4v) is 5.11. The standard InChI is InChI=1S/C22H34N8O7S/c1-22(2,3)36-21(33)28-11-7-16(8-12-28)30-14-18(24-26-30)19(37-38(4,34)35)17-13-29(25-23-17)15-5-9-27(10-6-15)20(31)32/h13-16,19H,5-12H2,1-4H3,(H,31,32). The second-order valence-corrected chi connectivity index (χ2v) is 12.2. The summed E-state index contributed by atoms with van der Waals surface area (Å²) in [5, 5.41) is 25.8. The molecule has 4 heterocycles. The van der Waals surface area contributed by atoms with E-state index in [9.17, 15) is 18.0 Å². The maximum absolute atomic E-state index is 12.4. The van der Waals surface area contributed by atoms with E-state index >= 15 is 0 Å². The van der Waals surface area contributed by atoms with Crippen LogP contribution in [0.15, 0.2) is 12.4 Å². The van der Waals surface area contributed by atoms with Crippen LogP contribution in [0.2, 0.25) is 0 Å². The zero-order chi connectivity index (χ0) is 27.7. The van der Waals surface area contributed by atoms with Gasteiger partial charge in [-0.1, -0.05) is 10.4 Å². The number of carbonyl (C=O) groups excluding carboxylic acids is 1. The first kappa shape index (κ1) is 27.8. The molecule has 15 nitrogen and oxygen atoms in total. The van der Waals surface area contributed by atoms with Crippen molar-refractivity contribution in [3.8, 4) is 0 Å². The zero-order valence-electron chi connectivity index (χ0n) is 21.9. The van der Waals surface area contributed by atoms with E-state index in [2.05, 4.69) is 20.6 Å². The summed E-state index contributed by atoms with van der Waals surface area (Å²) in [5.74, 6) is 0. The van der Waals surface area contributed by atoms with Gasteiger partial charge in [-0.25, -0.2) is 19.0 Å². The van der Waals surface area contributed by atoms with Gasteiger partial charge < -0.3 is 19.6 Å². The van der Waals surface area contributed by atoms with Gasteiger partial charge in [0.25, 0.3) is 10.1 Å². The van der Waals surface area contributed by atoms with Gasteiger partial charge >= 0.3 is 12.2 Å². The molecule has 4 rings (SSSR count). The predicted octanol–water partition coefficient (Wildman–Crippen LogP) is 1.82. The molecule has 2 amide bonds. The highest BCUT2D eigenvalue weighted by Crippen LogP contribution is 2.29. The average Bonchev–Trinajstić information content (AvgIpc) is 3.52. The number of hydrogen-bond acceptors (Lipinski definition) is 10. The van der Waals surface area contributed by atoms with Crippen molar-refractivity contribution in [2.45, 2.75) is 70.2 Å². The number of ether oxygens (including phenoxy) is 1. The van der Waals surface area contributed by atoms with Crippen LogP contribution in [0.1, 0.15) is 76.0 Å². The second kappa shape index (κ2) is 10.8. The molecular formula is C22H34N8O7S. The Labute approximate surface area is 220 Å². The monoisotopic (exact) mass is 554 g/mol. The van der Waals surface area contributed by atoms with Gasteiger partial charge in [0.2, 0.25) is 0 Å². The number of nitrogens with zero attached hydrogens (tertiary/aromatic N) is 8. The summed E-state index contributed by atoms with van der Waals surface area (Å²) >= 11 is 0. The lowest BCUT2D eigenvalue weighted by molar-refractivity contribution is 0.0184. The Bertz CT molecular complexity index is 1240. The van der Waals surface area contributed by atoms with Gasteiger partial charge in [-0.3, -0.25) is 4.18 Å². The third kappa shape index (κ3) is 6.98. The van der Waals surface area contributed by atoms with Crippen LogP contribution in [0, 0.1) is 0 Å². The smallest absolute Gasteiger partial charge is 0.410 e. The molecule has 1 atom stereocenters. The summed E-state index contributed by atoms with van der Waals surface area (Å²) in [6, 6.07) is -0.111. The first-order valence-electron chi connectivity index (χ1n) is 12.5. The van der Waals surface area contributed by atoms with Gasteiger partial charge in [0.15, 0.2) is 6.10 Å². The highest BCUT2D eigenvalue weighted by Gasteiger charge is 2.32. The van der Waals surface area contributed by atoms with E-state index < -0.39 is 27.9 Å². The molecule has 0 radical (unpaired) electrons. The topological polar surface area (TPSA) is 175 Å². The van der Waals surface area contributed by atoms with Crippen molar-refractivity contribution < 1.29 is 32.0 Å². The fourth-order valence-electron chi connectivity index (χ4n) is 4.56. The lowest BCUT2D eigenvalue weighted by Crippen LogP contribution is -2.42. The van der Waals surface area contributed by atoms with Crippen LogP contribution >= 0.6 is 0 Å². The van der Waals surface area contributed by atoms with E-state index in [-0.39, 0.29) is 29.6 Å². The molecule has 0 spiro atoms. The van der Waals surface area contributed by atoms with Crippen LogP contribution in [0.3, 0.4) is 0 Å². The number of carbonyl (C=O) groups is 2. The molecule has 2 aliphatic heterocycles. The first-order chi connectivity index (χ1) is 17.8. The van der Waals surface area contributed by atoms with Crippen LogP contribution in [-0.4, -0.2) is 104 Å². The SMILES string of the molecule is CC(C)(C)OC(=O)N1CCC(n2cc(C(OS(C)(=O)=O)c3cn(C4CCN(C(=O)O)CC4)nn3)nn2)CC1. The van der Waals surface area contributed by atoms with Gasteiger partial charge in [-0.2, -0.15) is 8.42 Å². The molecule has 0 aliphatic carbocycles. The summed E-state index contributed by atoms with van der Waals surface area (Å²) in [6.45, 7) is 7.21. The predicted molar refractivity (Wildman–Crippen MR) is 132 cm³/mol. The Balaban J connectivity index is 1.45. The highest BCUT2D eigenvalue weighted by molar-refractivity contribution is 7.86. The van der Waals surface area contributed by atoms with E-state index in [1.54, 1.807) is 26.7 Å². The van der Waals surface area contributed by atoms with Crippen LogP contribution in [0.25, 0.3) is 0 Å². The van der Waals surface area contributed by atoms with Gasteiger partial charge in [0.1, 0.15) is 17.0 Å². The van der Waals surface area contributed by atoms with Crippen molar-refractivity contribution in [2.75, 3.05) is 32.4 Å². The zero-order valence-corrected chi connectivity index (χ0v) is 22.7. The van der Waals surface area contributed by atoms with Crippen LogP contribution in [0.4, 0.5) is 9.59 Å². The Morgan fingerprint density at radius 2 is 1.37 bits per heavy atom. The minimum Gasteiger partial charge on any atom is -0.465 e. The Hall–Kier alpha value is -3.27. The molecule has 2 saturated heterocycles. The minimum absolute atomic E-state index is 0.0380. The second-order valence-electron chi connectivity index (χ2n) is 10.6. The molecule has 0 saturated carbocycles. The number of carboxylic acid groups (broad SMARTS) is 1. The summed E-state index contributed by atoms with van der Waals surface area (Å²) in [4.78, 5) is 26.5. The average molecular weight is 555 g/mol. The van der Waals surface area contributed by atoms with Crippen molar-refractivity contribution >= 4 is 22.3 Å². The summed E-state index contributed by atoms with van der Waals surface area (Å²) in [5.41, 5.74) is -0.0540. The number of amides is 2. The van der Waals surface area contributed by atoms with Crippen molar-refractivity contribution in [1.29, 1.82) is 0 Å². The van der Waals surface area contributed by atoms with Gasteiger partial charge in [-0.15, -0.1) is 10.2 Å². The molecule has 2 aliphatic rings. The molecule has 2 aromatic rings. The molecule has 1 unspecified atom stereocenters. The van der Waals surface area contributed by atoms with Gasteiger partial charge in [-0.05, 0) is 46.5 Å². The minimum atomic E-state index is -3.88. The quantitative estimate of drug-likeness (QED) is 0.516. The Morgan fingerprint density at radius 3 is 1.76 bits per heavy atom. The maximum Gasteiger partial charge on any atom is 0.410 e. The van der Waals surface area contributed by atoms with E-state index in [0.717, 1.165) is 6.26 Å². The molecule has 2 aromatic heterocycles. The van der Waals surface area contributed by atoms with E-state index in [0.29, 0.717) is 51.9 Å². The Morgan fingerprint density at radius 1 is 0.921 bits per heavy atom. The molecule has 0 aromatic carbocycles. The van der Waals surface area contributed by atoms with Crippen LogP contribution < -0.4 is 0 Å². The molecule has 16 heteroatoms. The van der Waals surface area contributed by atoms with Gasteiger partial charge in [0, 0.05) is 26.2 Å². The van der Waals surface area contributed by atoms with Crippen LogP contribution in [0.5, 0.6) is 0 Å². The number of aromatic nitrogens is 6. The molecular weight excluding hydrogens is 520 g/mol. The van der Waals surface area contributed by atoms with Crippen molar-refractivity contribution in [3.63, 3.8) is 0 Å². The highest BCUT2D eigenvalue weighted by atomic mass is 32.2. The van der Waals surface area contributed by atoms with Crippen molar-refractivity contribution in [1.82, 2.24) is 39.8 Å². The lowest BCUT2D eigenvalue weighted by Gasteiger charge is -2.33. The van der Waals surface area contributed by atoms with Crippen LogP contribution in [-0.2, 0) is 19.0 Å².